The number of piperidine rings is 1. The highest BCUT2D eigenvalue weighted by atomic mass is 35.5. The Morgan fingerprint density at radius 1 is 1.24 bits per heavy atom. The zero-order chi connectivity index (χ0) is 15.3. The van der Waals surface area contributed by atoms with E-state index in [0.29, 0.717) is 25.6 Å². The molecule has 4 nitrogen and oxygen atoms in total. The van der Waals surface area contributed by atoms with E-state index in [2.05, 4.69) is 5.32 Å². The molecule has 0 saturated carbocycles. The highest BCUT2D eigenvalue weighted by molar-refractivity contribution is 7.89. The predicted octanol–water partition coefficient (Wildman–Crippen LogP) is 2.63. The fraction of sp³-hybridized carbons (Fsp3) is 0.600. The number of nitrogens with one attached hydrogen (secondary N) is 1. The van der Waals surface area contributed by atoms with Crippen molar-refractivity contribution in [2.75, 3.05) is 18.8 Å². The molecule has 118 valence electrons. The van der Waals surface area contributed by atoms with Gasteiger partial charge in [-0.3, -0.25) is 0 Å². The topological polar surface area (TPSA) is 49.4 Å². The molecule has 2 rings (SSSR count). The first kappa shape index (κ1) is 16.7. The molecule has 0 amide bonds. The molecule has 0 unspecified atom stereocenters. The second-order valence-electron chi connectivity index (χ2n) is 5.50. The molecule has 0 spiro atoms. The minimum atomic E-state index is -3.04. The van der Waals surface area contributed by atoms with Gasteiger partial charge >= 0.3 is 0 Å². The number of hydrogen-bond acceptors (Lipinski definition) is 3. The van der Waals surface area contributed by atoms with Crippen LogP contribution in [0.4, 0.5) is 0 Å². The molecule has 1 N–H and O–H groups in total. The highest BCUT2D eigenvalue weighted by Gasteiger charge is 2.26. The lowest BCUT2D eigenvalue weighted by Gasteiger charge is -2.31. The summed E-state index contributed by atoms with van der Waals surface area (Å²) < 4.78 is 25.6. The van der Waals surface area contributed by atoms with Crippen LogP contribution in [0.2, 0.25) is 5.02 Å². The zero-order valence-corrected chi connectivity index (χ0v) is 14.0. The molecule has 21 heavy (non-hydrogen) atoms. The van der Waals surface area contributed by atoms with Crippen LogP contribution in [0.5, 0.6) is 0 Å². The van der Waals surface area contributed by atoms with Gasteiger partial charge in [0.1, 0.15) is 0 Å². The van der Waals surface area contributed by atoms with Gasteiger partial charge in [0, 0.05) is 30.7 Å². The molecule has 1 aromatic rings. The Morgan fingerprint density at radius 2 is 1.86 bits per heavy atom. The summed E-state index contributed by atoms with van der Waals surface area (Å²) >= 11 is 5.86. The van der Waals surface area contributed by atoms with E-state index in [1.165, 1.54) is 5.56 Å². The molecule has 0 aliphatic carbocycles. The SMILES string of the molecule is CCCS(=O)(=O)N1CCC(NCc2ccc(Cl)cc2)CC1. The summed E-state index contributed by atoms with van der Waals surface area (Å²) in [6.07, 6.45) is 2.42. The molecule has 0 aromatic heterocycles. The third-order valence-electron chi connectivity index (χ3n) is 3.82. The Balaban J connectivity index is 1.78. The van der Waals surface area contributed by atoms with Crippen molar-refractivity contribution >= 4 is 21.6 Å². The van der Waals surface area contributed by atoms with Gasteiger partial charge in [0.05, 0.1) is 5.75 Å². The summed E-state index contributed by atoms with van der Waals surface area (Å²) in [5.41, 5.74) is 1.19. The monoisotopic (exact) mass is 330 g/mol. The molecule has 1 aromatic carbocycles. The predicted molar refractivity (Wildman–Crippen MR) is 87.0 cm³/mol. The van der Waals surface area contributed by atoms with Crippen LogP contribution < -0.4 is 5.32 Å². The Kier molecular flexibility index (Phi) is 6.05. The molecule has 0 bridgehead atoms. The standard InChI is InChI=1S/C15H23ClN2O2S/c1-2-11-21(19,20)18-9-7-15(8-10-18)17-12-13-3-5-14(16)6-4-13/h3-6,15,17H,2,7-12H2,1H3. The largest absolute Gasteiger partial charge is 0.310 e. The van der Waals surface area contributed by atoms with Crippen molar-refractivity contribution in [1.82, 2.24) is 9.62 Å². The third-order valence-corrected chi connectivity index (χ3v) is 6.15. The van der Waals surface area contributed by atoms with Crippen LogP contribution in [0.3, 0.4) is 0 Å². The molecule has 1 aliphatic rings. The molecule has 1 saturated heterocycles. The molecular formula is C15H23ClN2O2S. The normalized spacial score (nSPS) is 18.0. The molecule has 1 fully saturated rings. The first-order valence-electron chi connectivity index (χ1n) is 7.47. The number of nitrogens with zero attached hydrogens (tertiary/aromatic N) is 1. The van der Waals surface area contributed by atoms with Crippen molar-refractivity contribution in [3.63, 3.8) is 0 Å². The number of hydrogen-bond donors (Lipinski definition) is 1. The Morgan fingerprint density at radius 3 is 2.43 bits per heavy atom. The van der Waals surface area contributed by atoms with E-state index in [9.17, 15) is 8.42 Å². The zero-order valence-electron chi connectivity index (χ0n) is 12.4. The lowest BCUT2D eigenvalue weighted by atomic mass is 10.1. The van der Waals surface area contributed by atoms with Crippen molar-refractivity contribution in [1.29, 1.82) is 0 Å². The highest BCUT2D eigenvalue weighted by Crippen LogP contribution is 2.16. The van der Waals surface area contributed by atoms with Crippen molar-refractivity contribution in [2.45, 2.75) is 38.8 Å². The molecule has 1 heterocycles. The summed E-state index contributed by atoms with van der Waals surface area (Å²) in [6.45, 7) is 3.95. The maximum atomic E-state index is 12.0. The second kappa shape index (κ2) is 7.58. The van der Waals surface area contributed by atoms with Gasteiger partial charge in [-0.25, -0.2) is 12.7 Å². The van der Waals surface area contributed by atoms with Gasteiger partial charge in [0.25, 0.3) is 0 Å². The molecule has 0 radical (unpaired) electrons. The smallest absolute Gasteiger partial charge is 0.214 e. The first-order chi connectivity index (χ1) is 10.0. The van der Waals surface area contributed by atoms with Crippen molar-refractivity contribution in [3.05, 3.63) is 34.9 Å². The first-order valence-corrected chi connectivity index (χ1v) is 9.45. The minimum absolute atomic E-state index is 0.260. The van der Waals surface area contributed by atoms with Crippen LogP contribution in [0, 0.1) is 0 Å². The van der Waals surface area contributed by atoms with E-state index in [1.54, 1.807) is 4.31 Å². The van der Waals surface area contributed by atoms with Crippen LogP contribution in [-0.2, 0) is 16.6 Å². The maximum Gasteiger partial charge on any atom is 0.214 e. The van der Waals surface area contributed by atoms with Gasteiger partial charge < -0.3 is 5.32 Å². The number of halogens is 1. The van der Waals surface area contributed by atoms with Gasteiger partial charge in [-0.1, -0.05) is 30.7 Å². The fourth-order valence-electron chi connectivity index (χ4n) is 2.59. The van der Waals surface area contributed by atoms with Crippen LogP contribution in [0.1, 0.15) is 31.7 Å². The number of sulfonamides is 1. The van der Waals surface area contributed by atoms with E-state index in [-0.39, 0.29) is 5.75 Å². The summed E-state index contributed by atoms with van der Waals surface area (Å²) in [5, 5.41) is 4.24. The number of rotatable bonds is 6. The van der Waals surface area contributed by atoms with Gasteiger partial charge in [-0.15, -0.1) is 0 Å². The summed E-state index contributed by atoms with van der Waals surface area (Å²) in [7, 11) is -3.04. The van der Waals surface area contributed by atoms with Gasteiger partial charge in [0.15, 0.2) is 0 Å². The lowest BCUT2D eigenvalue weighted by Crippen LogP contribution is -2.45. The van der Waals surface area contributed by atoms with E-state index in [1.807, 2.05) is 31.2 Å². The minimum Gasteiger partial charge on any atom is -0.310 e. The fourth-order valence-corrected chi connectivity index (χ4v) is 4.26. The van der Waals surface area contributed by atoms with E-state index >= 15 is 0 Å². The Hall–Kier alpha value is -0.620. The Bertz CT molecular complexity index is 537. The molecular weight excluding hydrogens is 308 g/mol. The maximum absolute atomic E-state index is 12.0. The molecule has 0 atom stereocenters. The van der Waals surface area contributed by atoms with Crippen molar-refractivity contribution in [3.8, 4) is 0 Å². The van der Waals surface area contributed by atoms with Crippen LogP contribution in [0.25, 0.3) is 0 Å². The van der Waals surface area contributed by atoms with Crippen molar-refractivity contribution in [2.24, 2.45) is 0 Å². The van der Waals surface area contributed by atoms with Crippen molar-refractivity contribution < 1.29 is 8.42 Å². The average molecular weight is 331 g/mol. The summed E-state index contributed by atoms with van der Waals surface area (Å²) in [5.74, 6) is 0.260. The molecule has 1 aliphatic heterocycles. The van der Waals surface area contributed by atoms with E-state index in [4.69, 9.17) is 11.6 Å². The summed E-state index contributed by atoms with van der Waals surface area (Å²) in [4.78, 5) is 0. The number of benzene rings is 1. The van der Waals surface area contributed by atoms with Crippen LogP contribution in [0.15, 0.2) is 24.3 Å². The third kappa shape index (κ3) is 4.95. The Labute approximate surface area is 132 Å². The van der Waals surface area contributed by atoms with Gasteiger partial charge in [0.2, 0.25) is 10.0 Å². The van der Waals surface area contributed by atoms with Gasteiger partial charge in [-0.2, -0.15) is 0 Å². The van der Waals surface area contributed by atoms with Crippen LogP contribution in [-0.4, -0.2) is 37.6 Å². The second-order valence-corrected chi connectivity index (χ2v) is 8.02. The quantitative estimate of drug-likeness (QED) is 0.872. The average Bonchev–Trinajstić information content (AvgIpc) is 2.47. The van der Waals surface area contributed by atoms with E-state index in [0.717, 1.165) is 24.4 Å². The van der Waals surface area contributed by atoms with E-state index < -0.39 is 10.0 Å². The lowest BCUT2D eigenvalue weighted by molar-refractivity contribution is 0.288. The molecule has 6 heteroatoms. The van der Waals surface area contributed by atoms with Crippen LogP contribution >= 0.6 is 11.6 Å². The summed E-state index contributed by atoms with van der Waals surface area (Å²) in [6, 6.07) is 8.18. The van der Waals surface area contributed by atoms with Gasteiger partial charge in [-0.05, 0) is 37.0 Å².